The van der Waals surface area contributed by atoms with Crippen LogP contribution in [0.2, 0.25) is 0 Å². The zero-order chi connectivity index (χ0) is 12.4. The SMILES string of the molecule is N/N=C/c1c(-c2ccccc2)[nH]c2ccccc12. The van der Waals surface area contributed by atoms with Crippen LogP contribution in [0.15, 0.2) is 59.7 Å². The van der Waals surface area contributed by atoms with Crippen molar-refractivity contribution in [3.8, 4) is 11.3 Å². The first-order valence-corrected chi connectivity index (χ1v) is 5.79. The predicted octanol–water partition coefficient (Wildman–Crippen LogP) is 3.13. The minimum atomic E-state index is 1.03. The van der Waals surface area contributed by atoms with Crippen molar-refractivity contribution >= 4 is 17.1 Å². The molecule has 0 atom stereocenters. The predicted molar refractivity (Wildman–Crippen MR) is 75.5 cm³/mol. The molecule has 0 aliphatic rings. The highest BCUT2D eigenvalue weighted by Gasteiger charge is 2.10. The molecule has 0 fully saturated rings. The molecule has 0 saturated carbocycles. The van der Waals surface area contributed by atoms with E-state index in [9.17, 15) is 0 Å². The second-order valence-electron chi connectivity index (χ2n) is 4.10. The van der Waals surface area contributed by atoms with Crippen molar-refractivity contribution in [3.63, 3.8) is 0 Å². The van der Waals surface area contributed by atoms with Gasteiger partial charge in [0, 0.05) is 16.5 Å². The quantitative estimate of drug-likeness (QED) is 0.400. The summed E-state index contributed by atoms with van der Waals surface area (Å²) in [5, 5.41) is 4.80. The zero-order valence-electron chi connectivity index (χ0n) is 9.80. The number of nitrogens with one attached hydrogen (secondary N) is 1. The minimum Gasteiger partial charge on any atom is -0.354 e. The standard InChI is InChI=1S/C15H13N3/c16-17-10-13-12-8-4-5-9-14(12)18-15(13)11-6-2-1-3-7-11/h1-10,18H,16H2/b17-10+. The van der Waals surface area contributed by atoms with E-state index in [0.29, 0.717) is 0 Å². The Balaban J connectivity index is 2.32. The lowest BCUT2D eigenvalue weighted by molar-refractivity contribution is 1.26. The van der Waals surface area contributed by atoms with Crippen molar-refractivity contribution in [2.24, 2.45) is 10.9 Å². The molecular formula is C15H13N3. The largest absolute Gasteiger partial charge is 0.354 e. The fourth-order valence-corrected chi connectivity index (χ4v) is 2.20. The maximum atomic E-state index is 5.31. The van der Waals surface area contributed by atoms with Gasteiger partial charge in [0.25, 0.3) is 0 Å². The molecule has 0 spiro atoms. The Bertz CT molecular complexity index is 696. The third-order valence-corrected chi connectivity index (χ3v) is 3.01. The first-order chi connectivity index (χ1) is 8.90. The molecule has 3 nitrogen and oxygen atoms in total. The van der Waals surface area contributed by atoms with Crippen LogP contribution in [-0.2, 0) is 0 Å². The van der Waals surface area contributed by atoms with E-state index in [0.717, 1.165) is 27.7 Å². The topological polar surface area (TPSA) is 54.2 Å². The maximum Gasteiger partial charge on any atom is 0.0565 e. The second kappa shape index (κ2) is 4.37. The summed E-state index contributed by atoms with van der Waals surface area (Å²) in [7, 11) is 0. The highest BCUT2D eigenvalue weighted by Crippen LogP contribution is 2.28. The Hall–Kier alpha value is -2.55. The van der Waals surface area contributed by atoms with Crippen LogP contribution in [-0.4, -0.2) is 11.2 Å². The summed E-state index contributed by atoms with van der Waals surface area (Å²) >= 11 is 0. The van der Waals surface area contributed by atoms with Crippen LogP contribution in [0.5, 0.6) is 0 Å². The Kier molecular flexibility index (Phi) is 2.57. The molecule has 0 radical (unpaired) electrons. The maximum absolute atomic E-state index is 5.31. The molecule has 0 amide bonds. The van der Waals surface area contributed by atoms with Crippen molar-refractivity contribution in [3.05, 3.63) is 60.2 Å². The first kappa shape index (κ1) is 10.6. The molecule has 3 rings (SSSR count). The number of aromatic amines is 1. The molecule has 0 saturated heterocycles. The number of hydrogen-bond donors (Lipinski definition) is 2. The van der Waals surface area contributed by atoms with Crippen LogP contribution in [0, 0.1) is 0 Å². The number of nitrogens with zero attached hydrogens (tertiary/aromatic N) is 1. The van der Waals surface area contributed by atoms with Crippen LogP contribution in [0.1, 0.15) is 5.56 Å². The molecule has 0 aliphatic heterocycles. The van der Waals surface area contributed by atoms with E-state index in [-0.39, 0.29) is 0 Å². The van der Waals surface area contributed by atoms with E-state index < -0.39 is 0 Å². The summed E-state index contributed by atoms with van der Waals surface area (Å²) in [6.07, 6.45) is 1.70. The molecule has 1 heterocycles. The lowest BCUT2D eigenvalue weighted by Gasteiger charge is -1.99. The molecule has 2 aromatic carbocycles. The van der Waals surface area contributed by atoms with Gasteiger partial charge in [-0.05, 0) is 11.6 Å². The number of rotatable bonds is 2. The fourth-order valence-electron chi connectivity index (χ4n) is 2.20. The van der Waals surface area contributed by atoms with Crippen molar-refractivity contribution in [2.75, 3.05) is 0 Å². The summed E-state index contributed by atoms with van der Waals surface area (Å²) in [6.45, 7) is 0. The fraction of sp³-hybridized carbons (Fsp3) is 0. The van der Waals surface area contributed by atoms with Crippen molar-refractivity contribution < 1.29 is 0 Å². The molecule has 0 bridgehead atoms. The third-order valence-electron chi connectivity index (χ3n) is 3.01. The van der Waals surface area contributed by atoms with Crippen LogP contribution in [0.4, 0.5) is 0 Å². The number of aromatic nitrogens is 1. The van der Waals surface area contributed by atoms with Gasteiger partial charge in [0.1, 0.15) is 0 Å². The van der Waals surface area contributed by atoms with Crippen molar-refractivity contribution in [1.82, 2.24) is 4.98 Å². The summed E-state index contributed by atoms with van der Waals surface area (Å²) in [5.41, 5.74) is 4.29. The minimum absolute atomic E-state index is 1.03. The summed E-state index contributed by atoms with van der Waals surface area (Å²) in [5.74, 6) is 5.31. The molecule has 0 aliphatic carbocycles. The highest BCUT2D eigenvalue weighted by molar-refractivity contribution is 6.05. The van der Waals surface area contributed by atoms with Gasteiger partial charge in [-0.25, -0.2) is 0 Å². The normalized spacial score (nSPS) is 11.3. The van der Waals surface area contributed by atoms with Gasteiger partial charge in [-0.15, -0.1) is 0 Å². The Morgan fingerprint density at radius 2 is 1.67 bits per heavy atom. The third kappa shape index (κ3) is 1.66. The van der Waals surface area contributed by atoms with Crippen molar-refractivity contribution in [1.29, 1.82) is 0 Å². The number of benzene rings is 2. The van der Waals surface area contributed by atoms with Gasteiger partial charge in [0.05, 0.1) is 11.9 Å². The van der Waals surface area contributed by atoms with Gasteiger partial charge < -0.3 is 10.8 Å². The van der Waals surface area contributed by atoms with Crippen LogP contribution < -0.4 is 5.84 Å². The average molecular weight is 235 g/mol. The second-order valence-corrected chi connectivity index (χ2v) is 4.10. The van der Waals surface area contributed by atoms with Gasteiger partial charge >= 0.3 is 0 Å². The van der Waals surface area contributed by atoms with Gasteiger partial charge in [-0.2, -0.15) is 5.10 Å². The lowest BCUT2D eigenvalue weighted by Crippen LogP contribution is -1.88. The van der Waals surface area contributed by atoms with Crippen LogP contribution in [0.25, 0.3) is 22.2 Å². The number of fused-ring (bicyclic) bond motifs is 1. The van der Waals surface area contributed by atoms with Gasteiger partial charge in [0.15, 0.2) is 0 Å². The summed E-state index contributed by atoms with van der Waals surface area (Å²) < 4.78 is 0. The van der Waals surface area contributed by atoms with Crippen molar-refractivity contribution in [2.45, 2.75) is 0 Å². The molecule has 3 aromatic rings. The van der Waals surface area contributed by atoms with E-state index in [1.807, 2.05) is 30.3 Å². The van der Waals surface area contributed by atoms with Gasteiger partial charge in [0.2, 0.25) is 0 Å². The van der Waals surface area contributed by atoms with Gasteiger partial charge in [-0.1, -0.05) is 48.5 Å². The zero-order valence-corrected chi connectivity index (χ0v) is 9.80. The smallest absolute Gasteiger partial charge is 0.0565 e. The monoisotopic (exact) mass is 235 g/mol. The highest BCUT2D eigenvalue weighted by atomic mass is 15.1. The molecule has 18 heavy (non-hydrogen) atoms. The summed E-state index contributed by atoms with van der Waals surface area (Å²) in [6, 6.07) is 18.3. The molecule has 3 N–H and O–H groups in total. The van der Waals surface area contributed by atoms with E-state index in [1.54, 1.807) is 6.21 Å². The van der Waals surface area contributed by atoms with Crippen LogP contribution >= 0.6 is 0 Å². The van der Waals surface area contributed by atoms with Crippen LogP contribution in [0.3, 0.4) is 0 Å². The Morgan fingerprint density at radius 3 is 2.44 bits per heavy atom. The average Bonchev–Trinajstić information content (AvgIpc) is 2.80. The first-order valence-electron chi connectivity index (χ1n) is 5.79. The number of nitrogens with two attached hydrogens (primary N) is 1. The van der Waals surface area contributed by atoms with E-state index in [4.69, 9.17) is 5.84 Å². The molecule has 3 heteroatoms. The van der Waals surface area contributed by atoms with E-state index in [1.165, 1.54) is 0 Å². The van der Waals surface area contributed by atoms with Gasteiger partial charge in [-0.3, -0.25) is 0 Å². The molecule has 1 aromatic heterocycles. The Labute approximate surface area is 105 Å². The molecule has 88 valence electrons. The molecular weight excluding hydrogens is 222 g/mol. The number of hydrazone groups is 1. The number of H-pyrrole nitrogens is 1. The van der Waals surface area contributed by atoms with E-state index in [2.05, 4.69) is 34.4 Å². The Morgan fingerprint density at radius 1 is 0.944 bits per heavy atom. The molecule has 0 unspecified atom stereocenters. The van der Waals surface area contributed by atoms with E-state index >= 15 is 0 Å². The number of para-hydroxylation sites is 1. The summed E-state index contributed by atoms with van der Waals surface area (Å²) in [4.78, 5) is 3.42. The lowest BCUT2D eigenvalue weighted by atomic mass is 10.1. The number of hydrogen-bond acceptors (Lipinski definition) is 2.